The van der Waals surface area contributed by atoms with Crippen LogP contribution in [0.2, 0.25) is 0 Å². The summed E-state index contributed by atoms with van der Waals surface area (Å²) in [5, 5.41) is 3.44. The monoisotopic (exact) mass is 231 g/mol. The zero-order chi connectivity index (χ0) is 11.5. The van der Waals surface area contributed by atoms with Gasteiger partial charge in [0.15, 0.2) is 0 Å². The average Bonchev–Trinajstić information content (AvgIpc) is 2.89. The van der Waals surface area contributed by atoms with Gasteiger partial charge in [-0.1, -0.05) is 0 Å². The predicted molar refractivity (Wildman–Crippen MR) is 64.5 cm³/mol. The molecule has 0 aromatic carbocycles. The molecule has 17 heavy (non-hydrogen) atoms. The number of H-pyrrole nitrogens is 1. The lowest BCUT2D eigenvalue weighted by atomic mass is 10.3. The lowest BCUT2D eigenvalue weighted by Crippen LogP contribution is -2.18. The summed E-state index contributed by atoms with van der Waals surface area (Å²) in [6.45, 7) is 1.85. The standard InChI is InChI=1S/C12H17N5/c1-2-11(1)17-9-15-7-12(17)6-13-4-3-10-5-14-8-16-10/h5,7-9,11,13H,1-4,6H2,(H,14,16). The molecule has 3 rings (SSSR count). The third-order valence-electron chi connectivity index (χ3n) is 3.12. The van der Waals surface area contributed by atoms with Crippen LogP contribution in [0.15, 0.2) is 25.0 Å². The van der Waals surface area contributed by atoms with Gasteiger partial charge in [0.05, 0.1) is 18.3 Å². The second-order valence-electron chi connectivity index (χ2n) is 4.53. The van der Waals surface area contributed by atoms with Crippen LogP contribution in [0.1, 0.15) is 30.3 Å². The minimum absolute atomic E-state index is 0.710. The summed E-state index contributed by atoms with van der Waals surface area (Å²) >= 11 is 0. The highest BCUT2D eigenvalue weighted by atomic mass is 15.1. The van der Waals surface area contributed by atoms with Gasteiger partial charge in [-0.25, -0.2) is 9.97 Å². The van der Waals surface area contributed by atoms with Gasteiger partial charge in [0.1, 0.15) is 0 Å². The van der Waals surface area contributed by atoms with Crippen molar-refractivity contribution in [1.29, 1.82) is 0 Å². The Kier molecular flexibility index (Phi) is 2.92. The fraction of sp³-hybridized carbons (Fsp3) is 0.500. The first-order valence-corrected chi connectivity index (χ1v) is 6.12. The second-order valence-corrected chi connectivity index (χ2v) is 4.53. The van der Waals surface area contributed by atoms with E-state index >= 15 is 0 Å². The van der Waals surface area contributed by atoms with Crippen LogP contribution in [0, 0.1) is 0 Å². The van der Waals surface area contributed by atoms with Crippen molar-refractivity contribution in [2.75, 3.05) is 6.54 Å². The molecule has 0 spiro atoms. The maximum Gasteiger partial charge on any atom is 0.0951 e. The first-order chi connectivity index (χ1) is 8.43. The van der Waals surface area contributed by atoms with E-state index in [9.17, 15) is 0 Å². The summed E-state index contributed by atoms with van der Waals surface area (Å²) in [7, 11) is 0. The molecule has 1 aliphatic carbocycles. The number of hydrogen-bond acceptors (Lipinski definition) is 3. The number of aromatic amines is 1. The Balaban J connectivity index is 1.46. The van der Waals surface area contributed by atoms with Crippen LogP contribution < -0.4 is 5.32 Å². The second kappa shape index (κ2) is 4.71. The molecule has 0 atom stereocenters. The molecule has 1 aliphatic rings. The Labute approximate surface area is 100 Å². The van der Waals surface area contributed by atoms with Crippen molar-refractivity contribution in [2.45, 2.75) is 31.8 Å². The Bertz CT molecular complexity index is 455. The van der Waals surface area contributed by atoms with Gasteiger partial charge in [-0.2, -0.15) is 0 Å². The fourth-order valence-electron chi connectivity index (χ4n) is 2.01. The molecule has 1 saturated carbocycles. The number of imidazole rings is 2. The van der Waals surface area contributed by atoms with Gasteiger partial charge in [0.2, 0.25) is 0 Å². The molecule has 2 aromatic rings. The molecular formula is C12H17N5. The normalized spacial score (nSPS) is 15.3. The predicted octanol–water partition coefficient (Wildman–Crippen LogP) is 1.27. The first-order valence-electron chi connectivity index (χ1n) is 6.12. The maximum absolute atomic E-state index is 4.22. The van der Waals surface area contributed by atoms with E-state index in [0.717, 1.165) is 19.5 Å². The Morgan fingerprint density at radius 1 is 1.35 bits per heavy atom. The van der Waals surface area contributed by atoms with Crippen molar-refractivity contribution in [3.8, 4) is 0 Å². The molecule has 0 amide bonds. The van der Waals surface area contributed by atoms with Crippen LogP contribution in [-0.4, -0.2) is 26.1 Å². The molecular weight excluding hydrogens is 214 g/mol. The van der Waals surface area contributed by atoms with E-state index in [2.05, 4.69) is 24.8 Å². The van der Waals surface area contributed by atoms with Crippen LogP contribution in [0.25, 0.3) is 0 Å². The fourth-order valence-corrected chi connectivity index (χ4v) is 2.01. The quantitative estimate of drug-likeness (QED) is 0.736. The molecule has 0 unspecified atom stereocenters. The number of nitrogens with one attached hydrogen (secondary N) is 2. The molecule has 90 valence electrons. The van der Waals surface area contributed by atoms with Crippen molar-refractivity contribution >= 4 is 0 Å². The number of nitrogens with zero attached hydrogens (tertiary/aromatic N) is 3. The number of aromatic nitrogens is 4. The van der Waals surface area contributed by atoms with Crippen molar-refractivity contribution in [1.82, 2.24) is 24.8 Å². The zero-order valence-electron chi connectivity index (χ0n) is 9.76. The maximum atomic E-state index is 4.22. The molecule has 0 saturated heterocycles. The third-order valence-corrected chi connectivity index (χ3v) is 3.12. The van der Waals surface area contributed by atoms with E-state index in [1.807, 2.05) is 18.7 Å². The lowest BCUT2D eigenvalue weighted by Gasteiger charge is -2.07. The number of rotatable bonds is 6. The van der Waals surface area contributed by atoms with Crippen LogP contribution in [0.4, 0.5) is 0 Å². The van der Waals surface area contributed by atoms with Crippen LogP contribution in [-0.2, 0) is 13.0 Å². The third kappa shape index (κ3) is 2.55. The number of hydrogen-bond donors (Lipinski definition) is 2. The molecule has 5 heteroatoms. The summed E-state index contributed by atoms with van der Waals surface area (Å²) in [4.78, 5) is 11.3. The highest BCUT2D eigenvalue weighted by molar-refractivity contribution is 5.03. The average molecular weight is 231 g/mol. The summed E-state index contributed by atoms with van der Waals surface area (Å²) in [5.74, 6) is 0. The Hall–Kier alpha value is -1.62. The summed E-state index contributed by atoms with van der Waals surface area (Å²) in [5.41, 5.74) is 2.46. The molecule has 5 nitrogen and oxygen atoms in total. The molecule has 0 bridgehead atoms. The molecule has 2 heterocycles. The summed E-state index contributed by atoms with van der Waals surface area (Å²) in [6.07, 6.45) is 11.1. The van der Waals surface area contributed by atoms with E-state index in [-0.39, 0.29) is 0 Å². The highest BCUT2D eigenvalue weighted by Gasteiger charge is 2.24. The van der Waals surface area contributed by atoms with Crippen LogP contribution in [0.3, 0.4) is 0 Å². The molecule has 1 fully saturated rings. The van der Waals surface area contributed by atoms with E-state index in [0.29, 0.717) is 6.04 Å². The summed E-state index contributed by atoms with van der Waals surface area (Å²) in [6, 6.07) is 0.710. The molecule has 0 aliphatic heterocycles. The summed E-state index contributed by atoms with van der Waals surface area (Å²) < 4.78 is 2.29. The molecule has 2 aromatic heterocycles. The van der Waals surface area contributed by atoms with Crippen molar-refractivity contribution < 1.29 is 0 Å². The van der Waals surface area contributed by atoms with Gasteiger partial charge >= 0.3 is 0 Å². The van der Waals surface area contributed by atoms with Gasteiger partial charge in [-0.05, 0) is 12.8 Å². The lowest BCUT2D eigenvalue weighted by molar-refractivity contribution is 0.618. The van der Waals surface area contributed by atoms with Crippen molar-refractivity contribution in [3.05, 3.63) is 36.4 Å². The molecule has 0 radical (unpaired) electrons. The minimum atomic E-state index is 0.710. The van der Waals surface area contributed by atoms with E-state index < -0.39 is 0 Å². The zero-order valence-corrected chi connectivity index (χ0v) is 9.76. The van der Waals surface area contributed by atoms with Gasteiger partial charge < -0.3 is 14.9 Å². The first kappa shape index (κ1) is 10.5. The Morgan fingerprint density at radius 2 is 2.29 bits per heavy atom. The van der Waals surface area contributed by atoms with Crippen LogP contribution in [0.5, 0.6) is 0 Å². The van der Waals surface area contributed by atoms with E-state index in [1.165, 1.54) is 24.2 Å². The van der Waals surface area contributed by atoms with Crippen LogP contribution >= 0.6 is 0 Å². The smallest absolute Gasteiger partial charge is 0.0951 e. The van der Waals surface area contributed by atoms with Crippen molar-refractivity contribution in [2.24, 2.45) is 0 Å². The SMILES string of the molecule is c1ncc(CCNCc2cncn2C2CC2)[nH]1. The minimum Gasteiger partial charge on any atom is -0.348 e. The highest BCUT2D eigenvalue weighted by Crippen LogP contribution is 2.35. The van der Waals surface area contributed by atoms with E-state index in [1.54, 1.807) is 6.33 Å². The topological polar surface area (TPSA) is 58.5 Å². The van der Waals surface area contributed by atoms with E-state index in [4.69, 9.17) is 0 Å². The largest absolute Gasteiger partial charge is 0.348 e. The van der Waals surface area contributed by atoms with Crippen molar-refractivity contribution in [3.63, 3.8) is 0 Å². The van der Waals surface area contributed by atoms with Gasteiger partial charge in [-0.15, -0.1) is 0 Å². The molecule has 2 N–H and O–H groups in total. The van der Waals surface area contributed by atoms with Gasteiger partial charge in [0, 0.05) is 43.6 Å². The Morgan fingerprint density at radius 3 is 3.06 bits per heavy atom. The van der Waals surface area contributed by atoms with Gasteiger partial charge in [-0.3, -0.25) is 0 Å². The van der Waals surface area contributed by atoms with Gasteiger partial charge in [0.25, 0.3) is 0 Å².